The summed E-state index contributed by atoms with van der Waals surface area (Å²) in [7, 11) is 0. The summed E-state index contributed by atoms with van der Waals surface area (Å²) in [5.41, 5.74) is 7.24. The van der Waals surface area contributed by atoms with Crippen LogP contribution in [-0.2, 0) is 11.3 Å². The number of hydrogen-bond acceptors (Lipinski definition) is 4. The molecule has 0 unspecified atom stereocenters. The number of aromatic nitrogens is 1. The van der Waals surface area contributed by atoms with Crippen molar-refractivity contribution in [1.82, 2.24) is 21.2 Å². The lowest BCUT2D eigenvalue weighted by Crippen LogP contribution is -2.55. The SMILES string of the molecule is O=C(NN[C@H](C(=O)NCc1ccccc1)C1CCCCC1)c1ccncc1. The molecule has 0 spiro atoms. The number of amides is 2. The molecular weight excluding hydrogens is 340 g/mol. The van der Waals surface area contributed by atoms with Crippen LogP contribution in [0, 0.1) is 5.92 Å². The van der Waals surface area contributed by atoms with Gasteiger partial charge in [-0.05, 0) is 36.5 Å². The average Bonchev–Trinajstić information content (AvgIpc) is 2.74. The highest BCUT2D eigenvalue weighted by atomic mass is 16.2. The Kier molecular flexibility index (Phi) is 6.93. The Morgan fingerprint density at radius 3 is 2.41 bits per heavy atom. The van der Waals surface area contributed by atoms with Crippen LogP contribution in [0.2, 0.25) is 0 Å². The number of rotatable bonds is 7. The van der Waals surface area contributed by atoms with Crippen LogP contribution in [0.5, 0.6) is 0 Å². The molecule has 142 valence electrons. The molecule has 1 aliphatic rings. The van der Waals surface area contributed by atoms with Crippen LogP contribution in [-0.4, -0.2) is 22.8 Å². The molecule has 1 aromatic carbocycles. The van der Waals surface area contributed by atoms with Crippen molar-refractivity contribution in [3.8, 4) is 0 Å². The van der Waals surface area contributed by atoms with E-state index < -0.39 is 6.04 Å². The lowest BCUT2D eigenvalue weighted by molar-refractivity contribution is -0.125. The minimum absolute atomic E-state index is 0.0826. The van der Waals surface area contributed by atoms with Gasteiger partial charge in [-0.15, -0.1) is 0 Å². The maximum Gasteiger partial charge on any atom is 0.265 e. The number of pyridine rings is 1. The van der Waals surface area contributed by atoms with Crippen molar-refractivity contribution in [2.24, 2.45) is 5.92 Å². The van der Waals surface area contributed by atoms with Crippen molar-refractivity contribution in [3.63, 3.8) is 0 Å². The van der Waals surface area contributed by atoms with E-state index in [2.05, 4.69) is 21.2 Å². The highest BCUT2D eigenvalue weighted by molar-refractivity contribution is 5.94. The number of hydrogen-bond donors (Lipinski definition) is 3. The molecule has 2 aromatic rings. The van der Waals surface area contributed by atoms with Crippen LogP contribution >= 0.6 is 0 Å². The Balaban J connectivity index is 1.61. The van der Waals surface area contributed by atoms with Gasteiger partial charge in [0.1, 0.15) is 6.04 Å². The summed E-state index contributed by atoms with van der Waals surface area (Å²) in [6.45, 7) is 0.475. The zero-order valence-electron chi connectivity index (χ0n) is 15.4. The normalized spacial score (nSPS) is 15.7. The molecule has 0 bridgehead atoms. The summed E-state index contributed by atoms with van der Waals surface area (Å²) >= 11 is 0. The van der Waals surface area contributed by atoms with Gasteiger partial charge in [0, 0.05) is 24.5 Å². The first-order chi connectivity index (χ1) is 13.2. The molecule has 3 N–H and O–H groups in total. The minimum Gasteiger partial charge on any atom is -0.351 e. The molecule has 1 aromatic heterocycles. The molecule has 1 fully saturated rings. The van der Waals surface area contributed by atoms with Gasteiger partial charge in [0.2, 0.25) is 5.91 Å². The molecule has 6 nitrogen and oxygen atoms in total. The number of benzene rings is 1. The summed E-state index contributed by atoms with van der Waals surface area (Å²) in [6.07, 6.45) is 8.56. The zero-order chi connectivity index (χ0) is 18.9. The first kappa shape index (κ1) is 19.0. The molecule has 1 saturated carbocycles. The van der Waals surface area contributed by atoms with Crippen LogP contribution in [0.25, 0.3) is 0 Å². The van der Waals surface area contributed by atoms with E-state index in [1.165, 1.54) is 6.42 Å². The predicted molar refractivity (Wildman–Crippen MR) is 103 cm³/mol. The Bertz CT molecular complexity index is 730. The van der Waals surface area contributed by atoms with Gasteiger partial charge >= 0.3 is 0 Å². The molecule has 3 rings (SSSR count). The summed E-state index contributed by atoms with van der Waals surface area (Å²) < 4.78 is 0. The monoisotopic (exact) mass is 366 g/mol. The van der Waals surface area contributed by atoms with E-state index in [-0.39, 0.29) is 17.7 Å². The van der Waals surface area contributed by atoms with E-state index >= 15 is 0 Å². The van der Waals surface area contributed by atoms with Gasteiger partial charge in [-0.2, -0.15) is 0 Å². The third kappa shape index (κ3) is 5.62. The predicted octanol–water partition coefficient (Wildman–Crippen LogP) is 2.58. The lowest BCUT2D eigenvalue weighted by atomic mass is 9.83. The van der Waals surface area contributed by atoms with E-state index in [9.17, 15) is 9.59 Å². The molecule has 0 saturated heterocycles. The number of nitrogens with one attached hydrogen (secondary N) is 3. The van der Waals surface area contributed by atoms with E-state index in [0.717, 1.165) is 31.2 Å². The van der Waals surface area contributed by atoms with Crippen LogP contribution in [0.15, 0.2) is 54.9 Å². The van der Waals surface area contributed by atoms with Crippen molar-refractivity contribution >= 4 is 11.8 Å². The van der Waals surface area contributed by atoms with Crippen molar-refractivity contribution in [2.45, 2.75) is 44.7 Å². The van der Waals surface area contributed by atoms with E-state index in [1.807, 2.05) is 30.3 Å². The quantitative estimate of drug-likeness (QED) is 0.658. The van der Waals surface area contributed by atoms with Crippen LogP contribution in [0.4, 0.5) is 0 Å². The second-order valence-electron chi connectivity index (χ2n) is 6.91. The maximum atomic E-state index is 12.8. The Morgan fingerprint density at radius 2 is 1.70 bits per heavy atom. The topological polar surface area (TPSA) is 83.1 Å². The van der Waals surface area contributed by atoms with E-state index in [1.54, 1.807) is 24.5 Å². The molecule has 0 radical (unpaired) electrons. The maximum absolute atomic E-state index is 12.8. The average molecular weight is 366 g/mol. The minimum atomic E-state index is -0.445. The third-order valence-electron chi connectivity index (χ3n) is 5.00. The lowest BCUT2D eigenvalue weighted by Gasteiger charge is -2.30. The Hall–Kier alpha value is -2.73. The standard InChI is InChI=1S/C21H26N4O2/c26-20(18-11-13-22-14-12-18)25-24-19(17-9-5-2-6-10-17)21(27)23-15-16-7-3-1-4-8-16/h1,3-4,7-8,11-14,17,19,24H,2,5-6,9-10,15H2,(H,23,27)(H,25,26)/t19-/m0/s1. The molecule has 27 heavy (non-hydrogen) atoms. The second-order valence-corrected chi connectivity index (χ2v) is 6.91. The van der Waals surface area contributed by atoms with E-state index in [4.69, 9.17) is 0 Å². The van der Waals surface area contributed by atoms with Crippen LogP contribution in [0.3, 0.4) is 0 Å². The molecule has 6 heteroatoms. The smallest absolute Gasteiger partial charge is 0.265 e. The Labute approximate surface area is 159 Å². The molecule has 1 aliphatic carbocycles. The fourth-order valence-electron chi connectivity index (χ4n) is 3.48. The summed E-state index contributed by atoms with van der Waals surface area (Å²) in [4.78, 5) is 29.0. The van der Waals surface area contributed by atoms with Gasteiger partial charge in [-0.1, -0.05) is 49.6 Å². The number of nitrogens with zero attached hydrogens (tertiary/aromatic N) is 1. The van der Waals surface area contributed by atoms with Crippen molar-refractivity contribution in [3.05, 3.63) is 66.0 Å². The number of carbonyl (C=O) groups is 2. The second kappa shape index (κ2) is 9.83. The largest absolute Gasteiger partial charge is 0.351 e. The van der Waals surface area contributed by atoms with Crippen LogP contribution in [0.1, 0.15) is 48.0 Å². The molecule has 1 atom stereocenters. The van der Waals surface area contributed by atoms with Gasteiger partial charge in [-0.3, -0.25) is 20.0 Å². The first-order valence-electron chi connectivity index (χ1n) is 9.51. The van der Waals surface area contributed by atoms with Gasteiger partial charge in [0.05, 0.1) is 0 Å². The zero-order valence-corrected chi connectivity index (χ0v) is 15.4. The highest BCUT2D eigenvalue weighted by Crippen LogP contribution is 2.26. The number of hydrazine groups is 1. The van der Waals surface area contributed by atoms with Crippen molar-refractivity contribution < 1.29 is 9.59 Å². The fourth-order valence-corrected chi connectivity index (χ4v) is 3.48. The van der Waals surface area contributed by atoms with Gasteiger partial charge in [0.15, 0.2) is 0 Å². The fraction of sp³-hybridized carbons (Fsp3) is 0.381. The highest BCUT2D eigenvalue weighted by Gasteiger charge is 2.29. The van der Waals surface area contributed by atoms with Crippen molar-refractivity contribution in [2.75, 3.05) is 0 Å². The molecule has 1 heterocycles. The summed E-state index contributed by atoms with van der Waals surface area (Å²) in [5.74, 6) is -0.137. The summed E-state index contributed by atoms with van der Waals surface area (Å²) in [5, 5.41) is 3.00. The first-order valence-corrected chi connectivity index (χ1v) is 9.51. The Morgan fingerprint density at radius 1 is 1.00 bits per heavy atom. The number of carbonyl (C=O) groups excluding carboxylic acids is 2. The summed E-state index contributed by atoms with van der Waals surface area (Å²) in [6, 6.07) is 12.7. The van der Waals surface area contributed by atoms with Crippen LogP contribution < -0.4 is 16.2 Å². The third-order valence-corrected chi connectivity index (χ3v) is 5.00. The molecule has 0 aliphatic heterocycles. The van der Waals surface area contributed by atoms with Gasteiger partial charge in [0.25, 0.3) is 5.91 Å². The van der Waals surface area contributed by atoms with Gasteiger partial charge < -0.3 is 5.32 Å². The molecular formula is C21H26N4O2. The molecule has 2 amide bonds. The van der Waals surface area contributed by atoms with Gasteiger partial charge in [-0.25, -0.2) is 5.43 Å². The van der Waals surface area contributed by atoms with E-state index in [0.29, 0.717) is 12.1 Å². The van der Waals surface area contributed by atoms with Crippen molar-refractivity contribution in [1.29, 1.82) is 0 Å².